The maximum atomic E-state index is 12.4. The zero-order chi connectivity index (χ0) is 17.7. The maximum absolute atomic E-state index is 12.4. The largest absolute Gasteiger partial charge is 0.465 e. The lowest BCUT2D eigenvalue weighted by molar-refractivity contribution is 0.0599. The van der Waals surface area contributed by atoms with Crippen LogP contribution in [0.15, 0.2) is 30.5 Å². The summed E-state index contributed by atoms with van der Waals surface area (Å²) in [5.41, 5.74) is 0.882. The number of amides is 1. The average Bonchev–Trinajstić information content (AvgIpc) is 3.08. The molecule has 0 bridgehead atoms. The summed E-state index contributed by atoms with van der Waals surface area (Å²) in [6.45, 7) is 2.39. The van der Waals surface area contributed by atoms with E-state index in [2.05, 4.69) is 19.9 Å². The molecule has 0 fully saturated rings. The van der Waals surface area contributed by atoms with Crippen LogP contribution in [0.3, 0.4) is 0 Å². The first kappa shape index (κ1) is 17.2. The van der Waals surface area contributed by atoms with Gasteiger partial charge in [-0.05, 0) is 31.2 Å². The van der Waals surface area contributed by atoms with Gasteiger partial charge in [0.05, 0.1) is 25.3 Å². The molecule has 1 heterocycles. The van der Waals surface area contributed by atoms with Gasteiger partial charge < -0.3 is 14.8 Å². The molecule has 1 aromatic heterocycles. The molecule has 8 nitrogen and oxygen atoms in total. The van der Waals surface area contributed by atoms with Crippen LogP contribution in [0, 0.1) is 0 Å². The van der Waals surface area contributed by atoms with Crippen molar-refractivity contribution in [3.05, 3.63) is 47.3 Å². The fourth-order valence-corrected chi connectivity index (χ4v) is 2.14. The number of hydrogen-bond donors (Lipinski definition) is 1. The Morgan fingerprint density at radius 1 is 1.08 bits per heavy atom. The van der Waals surface area contributed by atoms with Gasteiger partial charge in [0.25, 0.3) is 5.91 Å². The van der Waals surface area contributed by atoms with Crippen LogP contribution in [0.1, 0.15) is 38.1 Å². The van der Waals surface area contributed by atoms with E-state index in [0.717, 1.165) is 0 Å². The maximum Gasteiger partial charge on any atom is 0.337 e. The third-order valence-corrected chi connectivity index (χ3v) is 3.28. The lowest BCUT2D eigenvalue weighted by Crippen LogP contribution is -2.18. The molecule has 2 aromatic rings. The van der Waals surface area contributed by atoms with Crippen LogP contribution in [0.5, 0.6) is 0 Å². The van der Waals surface area contributed by atoms with Crippen LogP contribution < -0.4 is 5.32 Å². The number of rotatable bonds is 5. The molecule has 0 saturated carbocycles. The van der Waals surface area contributed by atoms with Crippen molar-refractivity contribution in [3.63, 3.8) is 0 Å². The van der Waals surface area contributed by atoms with E-state index in [9.17, 15) is 14.4 Å². The smallest absolute Gasteiger partial charge is 0.337 e. The Morgan fingerprint density at radius 3 is 2.17 bits per heavy atom. The zero-order valence-electron chi connectivity index (χ0n) is 13.5. The van der Waals surface area contributed by atoms with Gasteiger partial charge in [-0.25, -0.2) is 9.59 Å². The summed E-state index contributed by atoms with van der Waals surface area (Å²) in [6.07, 6.45) is 1.52. The van der Waals surface area contributed by atoms with Gasteiger partial charge >= 0.3 is 11.9 Å². The van der Waals surface area contributed by atoms with Gasteiger partial charge in [0.2, 0.25) is 0 Å². The highest BCUT2D eigenvalue weighted by molar-refractivity contribution is 6.05. The molecule has 0 aliphatic carbocycles. The van der Waals surface area contributed by atoms with Crippen molar-refractivity contribution in [2.24, 2.45) is 0 Å². The van der Waals surface area contributed by atoms with Crippen LogP contribution in [0.25, 0.3) is 0 Å². The highest BCUT2D eigenvalue weighted by Crippen LogP contribution is 2.18. The van der Waals surface area contributed by atoms with E-state index < -0.39 is 17.8 Å². The number of nitrogens with zero attached hydrogens (tertiary/aromatic N) is 2. The third-order valence-electron chi connectivity index (χ3n) is 3.28. The molecule has 24 heavy (non-hydrogen) atoms. The molecular formula is C16H17N3O5. The summed E-state index contributed by atoms with van der Waals surface area (Å²) >= 11 is 0. The Balaban J connectivity index is 2.36. The van der Waals surface area contributed by atoms with Gasteiger partial charge in [-0.15, -0.1) is 0 Å². The number of hydrogen-bond acceptors (Lipinski definition) is 6. The molecule has 126 valence electrons. The van der Waals surface area contributed by atoms with Crippen molar-refractivity contribution in [1.29, 1.82) is 0 Å². The predicted octanol–water partition coefficient (Wildman–Crippen LogP) is 1.73. The summed E-state index contributed by atoms with van der Waals surface area (Å²) in [7, 11) is 2.45. The van der Waals surface area contributed by atoms with Crippen molar-refractivity contribution >= 4 is 23.5 Å². The highest BCUT2D eigenvalue weighted by atomic mass is 16.5. The summed E-state index contributed by atoms with van der Waals surface area (Å²) in [5, 5.41) is 6.67. The molecule has 0 spiro atoms. The molecule has 1 aromatic carbocycles. The van der Waals surface area contributed by atoms with Gasteiger partial charge in [-0.3, -0.25) is 9.48 Å². The summed E-state index contributed by atoms with van der Waals surface area (Å²) < 4.78 is 10.8. The molecule has 0 aliphatic rings. The highest BCUT2D eigenvalue weighted by Gasteiger charge is 2.16. The number of ether oxygens (including phenoxy) is 2. The van der Waals surface area contributed by atoms with E-state index in [-0.39, 0.29) is 16.8 Å². The Labute approximate surface area is 138 Å². The Bertz CT molecular complexity index is 748. The van der Waals surface area contributed by atoms with Crippen LogP contribution in [-0.4, -0.2) is 41.8 Å². The SMILES string of the molecule is CCn1nccc1C(=O)Nc1cc(C(=O)OC)cc(C(=O)OC)c1. The van der Waals surface area contributed by atoms with E-state index in [0.29, 0.717) is 12.2 Å². The number of nitrogens with one attached hydrogen (secondary N) is 1. The fraction of sp³-hybridized carbons (Fsp3) is 0.250. The minimum Gasteiger partial charge on any atom is -0.465 e. The van der Waals surface area contributed by atoms with E-state index in [1.165, 1.54) is 43.3 Å². The molecular weight excluding hydrogens is 314 g/mol. The fourth-order valence-electron chi connectivity index (χ4n) is 2.14. The Hall–Kier alpha value is -3.16. The molecule has 0 radical (unpaired) electrons. The lowest BCUT2D eigenvalue weighted by atomic mass is 10.1. The van der Waals surface area contributed by atoms with Crippen LogP contribution in [-0.2, 0) is 16.0 Å². The number of carbonyl (C=O) groups excluding carboxylic acids is 3. The second-order valence-corrected chi connectivity index (χ2v) is 4.77. The van der Waals surface area contributed by atoms with Crippen LogP contribution in [0.4, 0.5) is 5.69 Å². The molecule has 2 rings (SSSR count). The molecule has 0 saturated heterocycles. The van der Waals surface area contributed by atoms with E-state index in [1.807, 2.05) is 6.92 Å². The Kier molecular flexibility index (Phi) is 5.31. The van der Waals surface area contributed by atoms with E-state index >= 15 is 0 Å². The first-order valence-electron chi connectivity index (χ1n) is 7.15. The third kappa shape index (κ3) is 3.60. The molecule has 1 N–H and O–H groups in total. The topological polar surface area (TPSA) is 99.5 Å². The number of aromatic nitrogens is 2. The Morgan fingerprint density at radius 2 is 1.67 bits per heavy atom. The number of benzene rings is 1. The molecule has 0 atom stereocenters. The van der Waals surface area contributed by atoms with Crippen molar-refractivity contribution in [2.45, 2.75) is 13.5 Å². The lowest BCUT2D eigenvalue weighted by Gasteiger charge is -2.10. The summed E-state index contributed by atoms with van der Waals surface area (Å²) in [5.74, 6) is -1.67. The molecule has 0 aliphatic heterocycles. The van der Waals surface area contributed by atoms with Crippen LogP contribution in [0.2, 0.25) is 0 Å². The summed E-state index contributed by atoms with van der Waals surface area (Å²) in [4.78, 5) is 35.8. The number of carbonyl (C=O) groups is 3. The molecule has 8 heteroatoms. The second kappa shape index (κ2) is 7.40. The minimum absolute atomic E-state index is 0.125. The zero-order valence-corrected chi connectivity index (χ0v) is 13.5. The van der Waals surface area contributed by atoms with E-state index in [4.69, 9.17) is 0 Å². The molecule has 1 amide bonds. The van der Waals surface area contributed by atoms with Crippen molar-refractivity contribution in [2.75, 3.05) is 19.5 Å². The van der Waals surface area contributed by atoms with Crippen molar-refractivity contribution < 1.29 is 23.9 Å². The first-order chi connectivity index (χ1) is 11.5. The normalized spacial score (nSPS) is 10.1. The first-order valence-corrected chi connectivity index (χ1v) is 7.15. The monoisotopic (exact) mass is 331 g/mol. The van der Waals surface area contributed by atoms with Gasteiger partial charge in [0.1, 0.15) is 5.69 Å². The average molecular weight is 331 g/mol. The van der Waals surface area contributed by atoms with Crippen molar-refractivity contribution in [1.82, 2.24) is 9.78 Å². The van der Waals surface area contributed by atoms with Crippen molar-refractivity contribution in [3.8, 4) is 0 Å². The van der Waals surface area contributed by atoms with Gasteiger partial charge in [-0.1, -0.05) is 0 Å². The standard InChI is InChI=1S/C16H17N3O5/c1-4-19-13(5-6-17-19)14(20)18-12-8-10(15(21)23-2)7-11(9-12)16(22)24-3/h5-9H,4H2,1-3H3,(H,18,20). The number of esters is 2. The summed E-state index contributed by atoms with van der Waals surface area (Å²) in [6, 6.07) is 5.75. The number of aryl methyl sites for hydroxylation is 1. The second-order valence-electron chi connectivity index (χ2n) is 4.77. The van der Waals surface area contributed by atoms with Crippen LogP contribution >= 0.6 is 0 Å². The predicted molar refractivity (Wildman–Crippen MR) is 85.0 cm³/mol. The molecule has 0 unspecified atom stereocenters. The van der Waals surface area contributed by atoms with E-state index in [1.54, 1.807) is 6.07 Å². The van der Waals surface area contributed by atoms with Gasteiger partial charge in [0, 0.05) is 18.4 Å². The van der Waals surface area contributed by atoms with Gasteiger partial charge in [-0.2, -0.15) is 5.10 Å². The quantitative estimate of drug-likeness (QED) is 0.838. The number of anilines is 1. The van der Waals surface area contributed by atoms with Gasteiger partial charge in [0.15, 0.2) is 0 Å². The minimum atomic E-state index is -0.630. The number of methoxy groups -OCH3 is 2.